The second-order valence-corrected chi connectivity index (χ2v) is 7.10. The first-order valence-electron chi connectivity index (χ1n) is 7.58. The van der Waals surface area contributed by atoms with Crippen LogP contribution in [0.15, 0.2) is 47.4 Å². The molecule has 25 heavy (non-hydrogen) atoms. The van der Waals surface area contributed by atoms with Gasteiger partial charge in [-0.2, -0.15) is 0 Å². The number of rotatable bonds is 7. The van der Waals surface area contributed by atoms with E-state index in [0.29, 0.717) is 24.9 Å². The third-order valence-corrected chi connectivity index (χ3v) is 4.54. The van der Waals surface area contributed by atoms with Gasteiger partial charge in [-0.05, 0) is 48.2 Å². The van der Waals surface area contributed by atoms with Crippen LogP contribution in [0.1, 0.15) is 17.5 Å². The van der Waals surface area contributed by atoms with Crippen LogP contribution in [0.4, 0.5) is 8.78 Å². The summed E-state index contributed by atoms with van der Waals surface area (Å²) in [6.45, 7) is 0.380. The van der Waals surface area contributed by atoms with Gasteiger partial charge in [0, 0.05) is 13.0 Å². The highest BCUT2D eigenvalue weighted by Gasteiger charge is 2.08. The lowest BCUT2D eigenvalue weighted by atomic mass is 10.1. The Morgan fingerprint density at radius 1 is 0.960 bits per heavy atom. The molecule has 2 aromatic carbocycles. The summed E-state index contributed by atoms with van der Waals surface area (Å²) in [6.07, 6.45) is 1.00. The average Bonchev–Trinajstić information content (AvgIpc) is 2.55. The zero-order valence-electron chi connectivity index (χ0n) is 13.3. The Hall–Kier alpha value is -2.32. The SMILES string of the molecule is NS(=O)(=O)c1ccc(CCNC(=O)CCc2ccc(F)c(F)c2)cc1. The molecule has 0 radical (unpaired) electrons. The Labute approximate surface area is 144 Å². The lowest BCUT2D eigenvalue weighted by Crippen LogP contribution is -2.25. The van der Waals surface area contributed by atoms with Crippen molar-refractivity contribution in [2.24, 2.45) is 5.14 Å². The second kappa shape index (κ2) is 8.17. The Morgan fingerprint density at radius 3 is 2.20 bits per heavy atom. The quantitative estimate of drug-likeness (QED) is 0.782. The van der Waals surface area contributed by atoms with Gasteiger partial charge in [-0.3, -0.25) is 4.79 Å². The molecule has 1 amide bonds. The predicted octanol–water partition coefficient (Wildman–Crippen LogP) is 1.90. The fourth-order valence-corrected chi connectivity index (χ4v) is 2.75. The molecule has 5 nitrogen and oxygen atoms in total. The first kappa shape index (κ1) is 19.0. The smallest absolute Gasteiger partial charge is 0.238 e. The van der Waals surface area contributed by atoms with Crippen LogP contribution in [0, 0.1) is 11.6 Å². The second-order valence-electron chi connectivity index (χ2n) is 5.54. The molecule has 0 heterocycles. The van der Waals surface area contributed by atoms with Gasteiger partial charge in [-0.1, -0.05) is 18.2 Å². The van der Waals surface area contributed by atoms with Crippen molar-refractivity contribution in [1.29, 1.82) is 0 Å². The summed E-state index contributed by atoms with van der Waals surface area (Å²) in [5, 5.41) is 7.74. The van der Waals surface area contributed by atoms with Crippen molar-refractivity contribution in [3.05, 3.63) is 65.2 Å². The first-order chi connectivity index (χ1) is 11.8. The Bertz CT molecular complexity index is 853. The van der Waals surface area contributed by atoms with Crippen LogP contribution in [-0.2, 0) is 27.7 Å². The van der Waals surface area contributed by atoms with Crippen LogP contribution in [0.3, 0.4) is 0 Å². The summed E-state index contributed by atoms with van der Waals surface area (Å²) in [4.78, 5) is 11.8. The Morgan fingerprint density at radius 2 is 1.60 bits per heavy atom. The summed E-state index contributed by atoms with van der Waals surface area (Å²) < 4.78 is 48.2. The van der Waals surface area contributed by atoms with Crippen LogP contribution in [-0.4, -0.2) is 20.9 Å². The minimum Gasteiger partial charge on any atom is -0.356 e. The fourth-order valence-electron chi connectivity index (χ4n) is 2.23. The van der Waals surface area contributed by atoms with Gasteiger partial charge in [-0.15, -0.1) is 0 Å². The summed E-state index contributed by atoms with van der Waals surface area (Å²) in [7, 11) is -3.71. The number of carbonyl (C=O) groups is 1. The van der Waals surface area contributed by atoms with Crippen molar-refractivity contribution in [2.75, 3.05) is 6.54 Å². The summed E-state index contributed by atoms with van der Waals surface area (Å²) in [6, 6.07) is 9.65. The highest BCUT2D eigenvalue weighted by atomic mass is 32.2. The molecule has 2 rings (SSSR count). The van der Waals surface area contributed by atoms with Gasteiger partial charge in [0.2, 0.25) is 15.9 Å². The lowest BCUT2D eigenvalue weighted by Gasteiger charge is -2.06. The Balaban J connectivity index is 1.75. The van der Waals surface area contributed by atoms with Gasteiger partial charge in [0.25, 0.3) is 0 Å². The maximum absolute atomic E-state index is 13.1. The first-order valence-corrected chi connectivity index (χ1v) is 9.13. The van der Waals surface area contributed by atoms with E-state index < -0.39 is 21.7 Å². The normalized spacial score (nSPS) is 11.3. The molecule has 0 spiro atoms. The number of nitrogens with one attached hydrogen (secondary N) is 1. The fraction of sp³-hybridized carbons (Fsp3) is 0.235. The van der Waals surface area contributed by atoms with Crippen LogP contribution < -0.4 is 10.5 Å². The van der Waals surface area contributed by atoms with E-state index in [9.17, 15) is 22.0 Å². The van der Waals surface area contributed by atoms with Crippen molar-refractivity contribution < 1.29 is 22.0 Å². The van der Waals surface area contributed by atoms with Crippen LogP contribution in [0.5, 0.6) is 0 Å². The number of amides is 1. The van der Waals surface area contributed by atoms with Crippen LogP contribution >= 0.6 is 0 Å². The van der Waals surface area contributed by atoms with Gasteiger partial charge in [0.15, 0.2) is 11.6 Å². The van der Waals surface area contributed by atoms with E-state index >= 15 is 0 Å². The van der Waals surface area contributed by atoms with Gasteiger partial charge >= 0.3 is 0 Å². The zero-order chi connectivity index (χ0) is 18.4. The molecule has 0 aliphatic rings. The minimum absolute atomic E-state index is 0.0341. The number of sulfonamides is 1. The lowest BCUT2D eigenvalue weighted by molar-refractivity contribution is -0.121. The highest BCUT2D eigenvalue weighted by molar-refractivity contribution is 7.89. The van der Waals surface area contributed by atoms with Crippen molar-refractivity contribution in [2.45, 2.75) is 24.2 Å². The van der Waals surface area contributed by atoms with Crippen LogP contribution in [0.2, 0.25) is 0 Å². The predicted molar refractivity (Wildman–Crippen MR) is 89.2 cm³/mol. The van der Waals surface area contributed by atoms with E-state index in [4.69, 9.17) is 5.14 Å². The molecule has 2 aromatic rings. The molecule has 0 bridgehead atoms. The van der Waals surface area contributed by atoms with Crippen molar-refractivity contribution in [3.8, 4) is 0 Å². The molecule has 0 atom stereocenters. The summed E-state index contributed by atoms with van der Waals surface area (Å²) in [5.74, 6) is -2.05. The van der Waals surface area contributed by atoms with Crippen molar-refractivity contribution in [3.63, 3.8) is 0 Å². The van der Waals surface area contributed by atoms with E-state index in [1.807, 2.05) is 0 Å². The number of aryl methyl sites for hydroxylation is 1. The van der Waals surface area contributed by atoms with Crippen molar-refractivity contribution in [1.82, 2.24) is 5.32 Å². The number of halogens is 2. The zero-order valence-corrected chi connectivity index (χ0v) is 14.2. The molecule has 3 N–H and O–H groups in total. The van der Waals surface area contributed by atoms with Gasteiger partial charge in [0.1, 0.15) is 0 Å². The summed E-state index contributed by atoms with van der Waals surface area (Å²) >= 11 is 0. The van der Waals surface area contributed by atoms with Gasteiger partial charge < -0.3 is 5.32 Å². The molecule has 0 aromatic heterocycles. The van der Waals surface area contributed by atoms with Crippen LogP contribution in [0.25, 0.3) is 0 Å². The molecule has 0 fully saturated rings. The molecular formula is C17H18F2N2O3S. The third kappa shape index (κ3) is 5.91. The number of nitrogens with two attached hydrogens (primary N) is 1. The Kier molecular flexibility index (Phi) is 6.22. The maximum Gasteiger partial charge on any atom is 0.238 e. The van der Waals surface area contributed by atoms with E-state index in [-0.39, 0.29) is 17.2 Å². The number of primary sulfonamides is 1. The average molecular weight is 368 g/mol. The standard InChI is InChI=1S/C17H18F2N2O3S/c18-15-7-3-13(11-16(15)19)4-8-17(22)21-10-9-12-1-5-14(6-2-12)25(20,23)24/h1-3,5-7,11H,4,8-10H2,(H,21,22)(H2,20,23,24). The van der Waals surface area contributed by atoms with Gasteiger partial charge in [-0.25, -0.2) is 22.3 Å². The molecule has 0 unspecified atom stereocenters. The molecule has 0 aliphatic heterocycles. The number of hydrogen-bond donors (Lipinski definition) is 2. The molecule has 0 saturated heterocycles. The maximum atomic E-state index is 13.1. The number of carbonyl (C=O) groups excluding carboxylic acids is 1. The number of benzene rings is 2. The molecular weight excluding hydrogens is 350 g/mol. The van der Waals surface area contributed by atoms with E-state index in [2.05, 4.69) is 5.32 Å². The van der Waals surface area contributed by atoms with E-state index in [0.717, 1.165) is 17.7 Å². The third-order valence-electron chi connectivity index (χ3n) is 3.61. The minimum atomic E-state index is -3.71. The van der Waals surface area contributed by atoms with E-state index in [1.165, 1.54) is 18.2 Å². The van der Waals surface area contributed by atoms with E-state index in [1.54, 1.807) is 12.1 Å². The molecule has 0 aliphatic carbocycles. The number of hydrogen-bond acceptors (Lipinski definition) is 3. The largest absolute Gasteiger partial charge is 0.356 e. The molecule has 8 heteroatoms. The highest BCUT2D eigenvalue weighted by Crippen LogP contribution is 2.11. The van der Waals surface area contributed by atoms with Gasteiger partial charge in [0.05, 0.1) is 4.90 Å². The summed E-state index contributed by atoms with van der Waals surface area (Å²) in [5.41, 5.74) is 1.40. The topological polar surface area (TPSA) is 89.3 Å². The van der Waals surface area contributed by atoms with Crippen molar-refractivity contribution >= 4 is 15.9 Å². The molecule has 0 saturated carbocycles. The monoisotopic (exact) mass is 368 g/mol. The molecule has 134 valence electrons.